The molecule has 1 heterocycles. The van der Waals surface area contributed by atoms with Crippen LogP contribution in [0.2, 0.25) is 0 Å². The van der Waals surface area contributed by atoms with E-state index >= 15 is 0 Å². The number of benzene rings is 2. The van der Waals surface area contributed by atoms with Crippen molar-refractivity contribution in [3.8, 4) is 0 Å². The highest BCUT2D eigenvalue weighted by atomic mass is 32.1. The molecule has 1 atom stereocenters. The first kappa shape index (κ1) is 10.9. The topological polar surface area (TPSA) is 88.2 Å². The number of carbonyl (C=O) groups is 1. The molecule has 1 amide bonds. The first-order valence-electron chi connectivity index (χ1n) is 14.2. The monoisotopic (exact) mass is 420 g/mol. The van der Waals surface area contributed by atoms with Gasteiger partial charge in [-0.3, -0.25) is 4.79 Å². The molecule has 4 N–H and O–H groups in total. The zero-order valence-electron chi connectivity index (χ0n) is 26.6. The number of nitrogen functional groups attached to an aromatic ring is 1. The lowest BCUT2D eigenvalue weighted by atomic mass is 10.00. The van der Waals surface area contributed by atoms with Crippen LogP contribution in [0.4, 0.5) is 10.8 Å². The van der Waals surface area contributed by atoms with Crippen LogP contribution in [0, 0.1) is 6.92 Å². The van der Waals surface area contributed by atoms with Gasteiger partial charge in [-0.05, 0) is 49.4 Å². The van der Waals surface area contributed by atoms with Crippen molar-refractivity contribution >= 4 is 28.1 Å². The third-order valence-electron chi connectivity index (χ3n) is 3.66. The number of aliphatic hydroxyl groups is 1. The summed E-state index contributed by atoms with van der Waals surface area (Å²) in [5.74, 6) is -1.04. The molecule has 0 bridgehead atoms. The van der Waals surface area contributed by atoms with Gasteiger partial charge in [-0.1, -0.05) is 48.3 Å². The number of nitrogens with one attached hydrogen (secondary N) is 1. The summed E-state index contributed by atoms with van der Waals surface area (Å²) in [6, 6.07) is 2.83. The number of aromatic nitrogens is 1. The fourth-order valence-electron chi connectivity index (χ4n) is 2.31. The smallest absolute Gasteiger partial charge is 0.230 e. The van der Waals surface area contributed by atoms with Gasteiger partial charge in [0.15, 0.2) is 5.13 Å². The van der Waals surface area contributed by atoms with E-state index in [1.807, 2.05) is 0 Å². The van der Waals surface area contributed by atoms with Gasteiger partial charge < -0.3 is 16.2 Å². The maximum absolute atomic E-state index is 12.5. The number of aryl methyl sites for hydroxylation is 1. The summed E-state index contributed by atoms with van der Waals surface area (Å²) >= 11 is 0.977. The molecular formula is C23H27N3O2S. The van der Waals surface area contributed by atoms with E-state index in [1.54, 1.807) is 0 Å². The molecule has 1 aromatic heterocycles. The molecule has 152 valence electrons. The Morgan fingerprint density at radius 2 is 2.21 bits per heavy atom. The zero-order valence-corrected chi connectivity index (χ0v) is 16.4. The van der Waals surface area contributed by atoms with Crippen molar-refractivity contribution in [2.75, 3.05) is 11.1 Å². The van der Waals surface area contributed by atoms with E-state index in [0.29, 0.717) is 0 Å². The third kappa shape index (κ3) is 6.69. The van der Waals surface area contributed by atoms with Crippen LogP contribution in [-0.4, -0.2) is 16.0 Å². The molecular weight excluding hydrogens is 382 g/mol. The first-order chi connectivity index (χ1) is 18.2. The van der Waals surface area contributed by atoms with Crippen LogP contribution in [0.5, 0.6) is 0 Å². The van der Waals surface area contributed by atoms with E-state index in [4.69, 9.17) is 20.8 Å². The Labute approximate surface area is 191 Å². The van der Waals surface area contributed by atoms with Gasteiger partial charge in [0.2, 0.25) is 5.91 Å². The van der Waals surface area contributed by atoms with E-state index in [2.05, 4.69) is 10.3 Å². The molecule has 0 aliphatic rings. The largest absolute Gasteiger partial charge is 0.388 e. The molecule has 2 aromatic carbocycles. The highest BCUT2D eigenvalue weighted by Crippen LogP contribution is 2.21. The second kappa shape index (κ2) is 10.2. The quantitative estimate of drug-likeness (QED) is 0.470. The van der Waals surface area contributed by atoms with Crippen LogP contribution in [0.1, 0.15) is 62.8 Å². The molecule has 0 radical (unpaired) electrons. The molecule has 0 aliphatic carbocycles. The molecule has 0 unspecified atom stereocenters. The van der Waals surface area contributed by atoms with Gasteiger partial charge in [-0.25, -0.2) is 4.98 Å². The summed E-state index contributed by atoms with van der Waals surface area (Å²) in [4.78, 5) is 16.3. The van der Waals surface area contributed by atoms with Crippen LogP contribution in [0.15, 0.2) is 53.8 Å². The third-order valence-corrected chi connectivity index (χ3v) is 4.34. The average Bonchev–Trinajstić information content (AvgIpc) is 3.32. The minimum atomic E-state index is -2.69. The van der Waals surface area contributed by atoms with E-state index < -0.39 is 67.6 Å². The van der Waals surface area contributed by atoms with Crippen LogP contribution in [0.3, 0.4) is 0 Å². The lowest BCUT2D eigenvalue weighted by molar-refractivity contribution is -0.115. The van der Waals surface area contributed by atoms with Gasteiger partial charge in [-0.15, -0.1) is 11.3 Å². The Hall–Kier alpha value is -2.70. The average molecular weight is 421 g/mol. The maximum Gasteiger partial charge on any atom is 0.230 e. The molecule has 5 nitrogen and oxygen atoms in total. The molecule has 0 saturated heterocycles. The second-order valence-electron chi connectivity index (χ2n) is 5.98. The highest BCUT2D eigenvalue weighted by molar-refractivity contribution is 7.13. The van der Waals surface area contributed by atoms with Crippen molar-refractivity contribution in [2.45, 2.75) is 45.0 Å². The van der Waals surface area contributed by atoms with Crippen LogP contribution in [0.25, 0.3) is 0 Å². The minimum Gasteiger partial charge on any atom is -0.388 e. The van der Waals surface area contributed by atoms with Gasteiger partial charge in [0.1, 0.15) is 0 Å². The first-order valence-corrected chi connectivity index (χ1v) is 9.55. The Morgan fingerprint density at radius 1 is 1.41 bits per heavy atom. The minimum absolute atomic E-state index is 0.0176. The molecule has 0 saturated carbocycles. The summed E-state index contributed by atoms with van der Waals surface area (Å²) in [5.41, 5.74) is 4.76. The zero-order chi connectivity index (χ0) is 30.4. The SMILES string of the molecule is [2H]c1c([2H])c(C)c([2H])c([C@@]([2H])(O)CCC([2H])([2H])C([2H])([2H])c2ccc(NC(=O)C([2H])([2H])c3csc(N)n3)cc2)c1[2H]. The number of carbonyl (C=O) groups excluding carboxylic acids is 1. The van der Waals surface area contributed by atoms with E-state index in [0.717, 1.165) is 11.3 Å². The van der Waals surface area contributed by atoms with Gasteiger partial charge in [0, 0.05) is 19.3 Å². The molecule has 6 heteroatoms. The summed E-state index contributed by atoms with van der Waals surface area (Å²) in [6.07, 6.45) is -11.9. The van der Waals surface area contributed by atoms with Crippen molar-refractivity contribution in [3.05, 3.63) is 76.2 Å². The van der Waals surface area contributed by atoms with E-state index in [9.17, 15) is 9.90 Å². The summed E-state index contributed by atoms with van der Waals surface area (Å²) < 4.78 is 89.9. The van der Waals surface area contributed by atoms with Crippen molar-refractivity contribution in [1.29, 1.82) is 0 Å². The Balaban J connectivity index is 1.77. The van der Waals surface area contributed by atoms with E-state index in [1.165, 1.54) is 36.6 Å². The summed E-state index contributed by atoms with van der Waals surface area (Å²) in [5, 5.41) is 14.5. The standard InChI is InChI=1S/C23H27N3O2S/c1-16-5-4-7-18(13-16)21(27)8-3-2-6-17-9-11-19(12-10-17)25-22(28)14-20-15-29-23(24)26-20/h4-5,7,9-13,15,21,27H,2-3,6,8,14H2,1H3,(H2,24,26)(H,25,28)/t21-/m0/s1/i2D2,4D,5D,6D2,7D,13D,14D2,21D. The number of amides is 1. The number of hydrogen-bond acceptors (Lipinski definition) is 5. The lowest BCUT2D eigenvalue weighted by Crippen LogP contribution is -2.14. The summed E-state index contributed by atoms with van der Waals surface area (Å²) in [7, 11) is 0. The Bertz CT molecular complexity index is 1400. The second-order valence-corrected chi connectivity index (χ2v) is 6.87. The van der Waals surface area contributed by atoms with Crippen molar-refractivity contribution in [2.24, 2.45) is 0 Å². The van der Waals surface area contributed by atoms with Crippen molar-refractivity contribution < 1.29 is 25.0 Å². The van der Waals surface area contributed by atoms with Crippen LogP contribution < -0.4 is 11.1 Å². The van der Waals surface area contributed by atoms with Crippen LogP contribution in [-0.2, 0) is 17.5 Å². The lowest BCUT2D eigenvalue weighted by Gasteiger charge is -2.11. The van der Waals surface area contributed by atoms with Gasteiger partial charge in [-0.2, -0.15) is 0 Å². The number of thiazole rings is 1. The Morgan fingerprint density at radius 3 is 2.93 bits per heavy atom. The number of hydrogen-bond donors (Lipinski definition) is 3. The number of nitrogens with two attached hydrogens (primary N) is 1. The number of rotatable bonds is 9. The van der Waals surface area contributed by atoms with E-state index in [-0.39, 0.29) is 33.7 Å². The molecule has 0 aliphatic heterocycles. The molecule has 0 fully saturated rings. The predicted molar refractivity (Wildman–Crippen MR) is 119 cm³/mol. The van der Waals surface area contributed by atoms with Crippen molar-refractivity contribution in [1.82, 2.24) is 4.98 Å². The number of anilines is 2. The van der Waals surface area contributed by atoms with Gasteiger partial charge in [0.05, 0.1) is 25.0 Å². The van der Waals surface area contributed by atoms with Crippen LogP contribution >= 0.6 is 11.3 Å². The van der Waals surface area contributed by atoms with Gasteiger partial charge in [0.25, 0.3) is 0 Å². The fraction of sp³-hybridized carbons (Fsp3) is 0.304. The van der Waals surface area contributed by atoms with Gasteiger partial charge >= 0.3 is 0 Å². The predicted octanol–water partition coefficient (Wildman–Crippen LogP) is 4.66. The maximum atomic E-state index is 12.5. The molecule has 3 rings (SSSR count). The molecule has 29 heavy (non-hydrogen) atoms. The van der Waals surface area contributed by atoms with Crippen molar-refractivity contribution in [3.63, 3.8) is 0 Å². The normalized spacial score (nSPS) is 20.0. The Kier molecular flexibility index (Phi) is 3.83. The highest BCUT2D eigenvalue weighted by Gasteiger charge is 2.08. The molecule has 3 aromatic rings. The number of nitrogens with zero attached hydrogens (tertiary/aromatic N) is 1. The molecule has 0 spiro atoms. The summed E-state index contributed by atoms with van der Waals surface area (Å²) in [6.45, 7) is 1.34. The fourth-order valence-corrected chi connectivity index (χ4v) is 2.81.